The van der Waals surface area contributed by atoms with Crippen molar-refractivity contribution >= 4 is 39.7 Å². The third kappa shape index (κ3) is 6.29. The van der Waals surface area contributed by atoms with Crippen LogP contribution in [0.3, 0.4) is 0 Å². The number of alkyl halides is 2. The summed E-state index contributed by atoms with van der Waals surface area (Å²) in [5, 5.41) is 3.90. The summed E-state index contributed by atoms with van der Waals surface area (Å²) >= 11 is 1.42. The number of hydrogen-bond acceptors (Lipinski definition) is 5. The van der Waals surface area contributed by atoms with Crippen molar-refractivity contribution in [2.24, 2.45) is 5.73 Å². The van der Waals surface area contributed by atoms with Gasteiger partial charge in [0, 0.05) is 17.0 Å². The van der Waals surface area contributed by atoms with Gasteiger partial charge in [-0.25, -0.2) is 21.9 Å². The highest BCUT2D eigenvalue weighted by atomic mass is 35.5. The first kappa shape index (κ1) is 22.5. The zero-order valence-electron chi connectivity index (χ0n) is 13.4. The lowest BCUT2D eigenvalue weighted by Crippen LogP contribution is -2.41. The van der Waals surface area contributed by atoms with E-state index in [1.54, 1.807) is 6.07 Å². The Labute approximate surface area is 160 Å². The fraction of sp³-hybridized carbons (Fsp3) is 0.267. The standard InChI is InChI=1S/C15H17F2N3O3S2.ClH/c16-15(17,9-18)10-19-14(21)11-3-5-13(6-4-11)25(22,23)20-8-12-2-1-7-24-12;/h1-7,20H,8-10,18H2,(H,19,21);1H. The molecule has 2 rings (SSSR count). The Hall–Kier alpha value is -1.59. The van der Waals surface area contributed by atoms with Crippen molar-refractivity contribution < 1.29 is 22.0 Å². The number of carbonyl (C=O) groups is 1. The Morgan fingerprint density at radius 1 is 1.19 bits per heavy atom. The highest BCUT2D eigenvalue weighted by Crippen LogP contribution is 2.14. The van der Waals surface area contributed by atoms with E-state index in [4.69, 9.17) is 5.73 Å². The van der Waals surface area contributed by atoms with Gasteiger partial charge in [-0.3, -0.25) is 4.79 Å². The molecule has 1 amide bonds. The van der Waals surface area contributed by atoms with Crippen molar-refractivity contribution in [3.8, 4) is 0 Å². The molecule has 144 valence electrons. The normalized spacial score (nSPS) is 11.7. The number of nitrogens with one attached hydrogen (secondary N) is 2. The van der Waals surface area contributed by atoms with Gasteiger partial charge in [0.1, 0.15) is 0 Å². The van der Waals surface area contributed by atoms with Crippen LogP contribution in [0.5, 0.6) is 0 Å². The van der Waals surface area contributed by atoms with Gasteiger partial charge >= 0.3 is 0 Å². The lowest BCUT2D eigenvalue weighted by molar-refractivity contribution is 0.0118. The van der Waals surface area contributed by atoms with E-state index in [1.165, 1.54) is 35.6 Å². The third-order valence-corrected chi connectivity index (χ3v) is 5.54. The van der Waals surface area contributed by atoms with Crippen LogP contribution in [0.4, 0.5) is 8.78 Å². The highest BCUT2D eigenvalue weighted by molar-refractivity contribution is 7.89. The summed E-state index contributed by atoms with van der Waals surface area (Å²) in [6, 6.07) is 8.62. The molecule has 0 fully saturated rings. The van der Waals surface area contributed by atoms with E-state index in [-0.39, 0.29) is 29.4 Å². The first-order valence-corrected chi connectivity index (χ1v) is 9.58. The summed E-state index contributed by atoms with van der Waals surface area (Å²) in [7, 11) is -3.73. The van der Waals surface area contributed by atoms with Gasteiger partial charge in [-0.2, -0.15) is 0 Å². The van der Waals surface area contributed by atoms with Gasteiger partial charge in [-0.1, -0.05) is 6.07 Å². The molecule has 11 heteroatoms. The number of thiophene rings is 1. The number of halogens is 3. The number of nitrogens with two attached hydrogens (primary N) is 1. The fourth-order valence-electron chi connectivity index (χ4n) is 1.83. The molecule has 6 nitrogen and oxygen atoms in total. The quantitative estimate of drug-likeness (QED) is 0.601. The molecule has 0 aliphatic heterocycles. The van der Waals surface area contributed by atoms with Crippen molar-refractivity contribution in [3.05, 3.63) is 52.2 Å². The van der Waals surface area contributed by atoms with Crippen LogP contribution in [0.2, 0.25) is 0 Å². The van der Waals surface area contributed by atoms with E-state index >= 15 is 0 Å². The molecule has 0 saturated heterocycles. The molecular formula is C15H18ClF2N3O3S2. The summed E-state index contributed by atoms with van der Waals surface area (Å²) in [6.07, 6.45) is 0. The molecule has 0 spiro atoms. The molecular weight excluding hydrogens is 408 g/mol. The zero-order chi connectivity index (χ0) is 18.5. The zero-order valence-corrected chi connectivity index (χ0v) is 15.9. The molecule has 0 bridgehead atoms. The first-order chi connectivity index (χ1) is 11.7. The summed E-state index contributed by atoms with van der Waals surface area (Å²) in [5.41, 5.74) is 4.96. The minimum Gasteiger partial charge on any atom is -0.346 e. The predicted octanol–water partition coefficient (Wildman–Crippen LogP) is 1.97. The SMILES string of the molecule is Cl.NCC(F)(F)CNC(=O)c1ccc(S(=O)(=O)NCc2cccs2)cc1. The second-order valence-corrected chi connectivity index (χ2v) is 7.97. The molecule has 4 N–H and O–H groups in total. The van der Waals surface area contributed by atoms with Crippen molar-refractivity contribution in [1.82, 2.24) is 10.0 Å². The number of carbonyl (C=O) groups excluding carboxylic acids is 1. The number of hydrogen-bond donors (Lipinski definition) is 3. The minimum atomic E-state index is -3.73. The van der Waals surface area contributed by atoms with Gasteiger partial charge < -0.3 is 11.1 Å². The fourth-order valence-corrected chi connectivity index (χ4v) is 3.57. The number of amides is 1. The third-order valence-electron chi connectivity index (χ3n) is 3.25. The van der Waals surface area contributed by atoms with Crippen LogP contribution in [0.15, 0.2) is 46.7 Å². The molecule has 0 saturated carbocycles. The van der Waals surface area contributed by atoms with Crippen molar-refractivity contribution in [1.29, 1.82) is 0 Å². The Morgan fingerprint density at radius 3 is 2.38 bits per heavy atom. The molecule has 1 aromatic heterocycles. The van der Waals surface area contributed by atoms with E-state index < -0.39 is 34.9 Å². The van der Waals surface area contributed by atoms with Crippen molar-refractivity contribution in [2.75, 3.05) is 13.1 Å². The minimum absolute atomic E-state index is 0. The van der Waals surface area contributed by atoms with Crippen LogP contribution in [-0.4, -0.2) is 33.3 Å². The van der Waals surface area contributed by atoms with Gasteiger partial charge in [-0.15, -0.1) is 23.7 Å². The maximum atomic E-state index is 13.0. The van der Waals surface area contributed by atoms with E-state index in [9.17, 15) is 22.0 Å². The smallest absolute Gasteiger partial charge is 0.277 e. The number of benzene rings is 1. The van der Waals surface area contributed by atoms with Gasteiger partial charge in [0.25, 0.3) is 11.8 Å². The Kier molecular flexibility index (Phi) is 8.10. The van der Waals surface area contributed by atoms with Gasteiger partial charge in [0.05, 0.1) is 18.0 Å². The largest absolute Gasteiger partial charge is 0.346 e. The van der Waals surface area contributed by atoms with Crippen LogP contribution in [0.1, 0.15) is 15.2 Å². The van der Waals surface area contributed by atoms with Crippen LogP contribution < -0.4 is 15.8 Å². The molecule has 0 aliphatic rings. The van der Waals surface area contributed by atoms with E-state index in [0.29, 0.717) is 0 Å². The molecule has 1 aromatic carbocycles. The second-order valence-electron chi connectivity index (χ2n) is 5.17. The van der Waals surface area contributed by atoms with E-state index in [2.05, 4.69) is 10.0 Å². The Bertz CT molecular complexity index is 813. The van der Waals surface area contributed by atoms with E-state index in [0.717, 1.165) is 4.88 Å². The Balaban J connectivity index is 0.00000338. The molecule has 0 aliphatic carbocycles. The van der Waals surface area contributed by atoms with Gasteiger partial charge in [0.2, 0.25) is 10.0 Å². The van der Waals surface area contributed by atoms with Crippen LogP contribution in [0, 0.1) is 0 Å². The van der Waals surface area contributed by atoms with Crippen LogP contribution in [0.25, 0.3) is 0 Å². The van der Waals surface area contributed by atoms with Crippen LogP contribution in [-0.2, 0) is 16.6 Å². The molecule has 2 aromatic rings. The number of rotatable bonds is 8. The summed E-state index contributed by atoms with van der Waals surface area (Å²) < 4.78 is 52.9. The average molecular weight is 426 g/mol. The van der Waals surface area contributed by atoms with E-state index in [1.807, 2.05) is 11.4 Å². The summed E-state index contributed by atoms with van der Waals surface area (Å²) in [6.45, 7) is -1.60. The summed E-state index contributed by atoms with van der Waals surface area (Å²) in [5.74, 6) is -3.92. The van der Waals surface area contributed by atoms with Gasteiger partial charge in [0.15, 0.2) is 0 Å². The maximum absolute atomic E-state index is 13.0. The lowest BCUT2D eigenvalue weighted by atomic mass is 10.2. The maximum Gasteiger partial charge on any atom is 0.277 e. The monoisotopic (exact) mass is 425 g/mol. The summed E-state index contributed by atoms with van der Waals surface area (Å²) in [4.78, 5) is 12.6. The number of sulfonamides is 1. The molecule has 0 atom stereocenters. The molecule has 1 heterocycles. The van der Waals surface area contributed by atoms with Crippen molar-refractivity contribution in [2.45, 2.75) is 17.4 Å². The topological polar surface area (TPSA) is 101 Å². The molecule has 0 unspecified atom stereocenters. The Morgan fingerprint density at radius 2 is 1.85 bits per heavy atom. The second kappa shape index (κ2) is 9.38. The predicted molar refractivity (Wildman–Crippen MR) is 98.4 cm³/mol. The molecule has 26 heavy (non-hydrogen) atoms. The average Bonchev–Trinajstić information content (AvgIpc) is 3.12. The molecule has 0 radical (unpaired) electrons. The first-order valence-electron chi connectivity index (χ1n) is 7.22. The highest BCUT2D eigenvalue weighted by Gasteiger charge is 2.27. The van der Waals surface area contributed by atoms with Crippen molar-refractivity contribution in [3.63, 3.8) is 0 Å². The van der Waals surface area contributed by atoms with Gasteiger partial charge in [-0.05, 0) is 35.7 Å². The lowest BCUT2D eigenvalue weighted by Gasteiger charge is -2.14. The van der Waals surface area contributed by atoms with Crippen LogP contribution >= 0.6 is 23.7 Å².